The molecule has 1 aromatic heterocycles. The Balaban J connectivity index is 1.50. The van der Waals surface area contributed by atoms with Crippen molar-refractivity contribution in [2.24, 2.45) is 5.92 Å². The lowest BCUT2D eigenvalue weighted by Crippen LogP contribution is -2.35. The molecule has 0 aliphatic carbocycles. The molecule has 0 spiro atoms. The number of likely N-dealkylation sites (tertiary alicyclic amines) is 1. The van der Waals surface area contributed by atoms with Crippen molar-refractivity contribution in [2.75, 3.05) is 6.54 Å². The summed E-state index contributed by atoms with van der Waals surface area (Å²) in [5.74, 6) is -0.239. The standard InChI is InChI=1S/C18H23N5O2/c1-13(2)23-10-16(7-17(23)24)18(25)20-8-14-3-5-15(6-4-14)9-22-12-19-11-21-22/h3-6,11-13,16H,7-10H2,1-2H3,(H,20,25)/t16-/m1/s1. The van der Waals surface area contributed by atoms with Crippen LogP contribution in [0.25, 0.3) is 0 Å². The number of aromatic nitrogens is 3. The predicted octanol–water partition coefficient (Wildman–Crippen LogP) is 1.20. The Bertz CT molecular complexity index is 724. The first kappa shape index (κ1) is 17.1. The Hall–Kier alpha value is -2.70. The Morgan fingerprint density at radius 2 is 2.00 bits per heavy atom. The molecule has 0 radical (unpaired) electrons. The molecule has 1 saturated heterocycles. The van der Waals surface area contributed by atoms with Crippen LogP contribution in [-0.2, 0) is 22.7 Å². The van der Waals surface area contributed by atoms with E-state index in [9.17, 15) is 9.59 Å². The van der Waals surface area contributed by atoms with Crippen molar-refractivity contribution in [1.82, 2.24) is 25.0 Å². The molecule has 1 aromatic carbocycles. The fraction of sp³-hybridized carbons (Fsp3) is 0.444. The summed E-state index contributed by atoms with van der Waals surface area (Å²) in [6.45, 7) is 5.59. The third kappa shape index (κ3) is 4.23. The molecule has 0 bridgehead atoms. The first-order valence-corrected chi connectivity index (χ1v) is 8.50. The normalized spacial score (nSPS) is 17.3. The van der Waals surface area contributed by atoms with Crippen molar-refractivity contribution >= 4 is 11.8 Å². The lowest BCUT2D eigenvalue weighted by Gasteiger charge is -2.20. The maximum Gasteiger partial charge on any atom is 0.225 e. The summed E-state index contributed by atoms with van der Waals surface area (Å²) >= 11 is 0. The molecule has 0 unspecified atom stereocenters. The maximum absolute atomic E-state index is 12.3. The van der Waals surface area contributed by atoms with Gasteiger partial charge in [-0.05, 0) is 25.0 Å². The Morgan fingerprint density at radius 3 is 2.60 bits per heavy atom. The van der Waals surface area contributed by atoms with Crippen LogP contribution in [0.2, 0.25) is 0 Å². The van der Waals surface area contributed by atoms with Gasteiger partial charge in [-0.1, -0.05) is 24.3 Å². The minimum atomic E-state index is -0.249. The molecule has 1 N–H and O–H groups in total. The second-order valence-electron chi connectivity index (χ2n) is 6.67. The van der Waals surface area contributed by atoms with Gasteiger partial charge in [0.25, 0.3) is 0 Å². The quantitative estimate of drug-likeness (QED) is 0.856. The molecule has 2 amide bonds. The first-order valence-electron chi connectivity index (χ1n) is 8.50. The second kappa shape index (κ2) is 7.46. The van der Waals surface area contributed by atoms with E-state index in [1.165, 1.54) is 6.33 Å². The number of nitrogens with zero attached hydrogens (tertiary/aromatic N) is 4. The van der Waals surface area contributed by atoms with Crippen LogP contribution < -0.4 is 5.32 Å². The molecule has 2 heterocycles. The van der Waals surface area contributed by atoms with Gasteiger partial charge in [0.1, 0.15) is 12.7 Å². The molecular formula is C18H23N5O2. The zero-order chi connectivity index (χ0) is 17.8. The molecule has 1 atom stereocenters. The van der Waals surface area contributed by atoms with Crippen LogP contribution in [0.1, 0.15) is 31.4 Å². The first-order chi connectivity index (χ1) is 12.0. The largest absolute Gasteiger partial charge is 0.352 e. The van der Waals surface area contributed by atoms with Crippen LogP contribution in [0.4, 0.5) is 0 Å². The molecule has 1 fully saturated rings. The Morgan fingerprint density at radius 1 is 1.28 bits per heavy atom. The molecular weight excluding hydrogens is 318 g/mol. The van der Waals surface area contributed by atoms with Gasteiger partial charge in [0.05, 0.1) is 12.5 Å². The summed E-state index contributed by atoms with van der Waals surface area (Å²) in [5, 5.41) is 7.02. The zero-order valence-corrected chi connectivity index (χ0v) is 14.6. The van der Waals surface area contributed by atoms with Crippen LogP contribution in [0.3, 0.4) is 0 Å². The molecule has 0 saturated carbocycles. The third-order valence-electron chi connectivity index (χ3n) is 4.45. The average Bonchev–Trinajstić information content (AvgIpc) is 3.23. The van der Waals surface area contributed by atoms with E-state index in [-0.39, 0.29) is 23.8 Å². The number of hydrogen-bond acceptors (Lipinski definition) is 4. The maximum atomic E-state index is 12.3. The highest BCUT2D eigenvalue weighted by Crippen LogP contribution is 2.20. The van der Waals surface area contributed by atoms with Gasteiger partial charge in [0, 0.05) is 25.6 Å². The third-order valence-corrected chi connectivity index (χ3v) is 4.45. The van der Waals surface area contributed by atoms with Crippen molar-refractivity contribution < 1.29 is 9.59 Å². The fourth-order valence-electron chi connectivity index (χ4n) is 3.00. The number of hydrogen-bond donors (Lipinski definition) is 1. The van der Waals surface area contributed by atoms with E-state index in [0.29, 0.717) is 26.1 Å². The monoisotopic (exact) mass is 341 g/mol. The van der Waals surface area contributed by atoms with Crippen LogP contribution in [-0.4, -0.2) is 44.1 Å². The number of carbonyl (C=O) groups excluding carboxylic acids is 2. The number of benzene rings is 1. The van der Waals surface area contributed by atoms with Gasteiger partial charge in [-0.2, -0.15) is 5.10 Å². The smallest absolute Gasteiger partial charge is 0.225 e. The summed E-state index contributed by atoms with van der Waals surface area (Å²) in [6.07, 6.45) is 3.50. The molecule has 25 heavy (non-hydrogen) atoms. The highest BCUT2D eigenvalue weighted by Gasteiger charge is 2.35. The van der Waals surface area contributed by atoms with Crippen molar-refractivity contribution in [2.45, 2.75) is 39.4 Å². The van der Waals surface area contributed by atoms with E-state index in [4.69, 9.17) is 0 Å². The van der Waals surface area contributed by atoms with E-state index >= 15 is 0 Å². The van der Waals surface area contributed by atoms with Gasteiger partial charge in [-0.3, -0.25) is 9.59 Å². The van der Waals surface area contributed by atoms with E-state index in [2.05, 4.69) is 15.4 Å². The van der Waals surface area contributed by atoms with Crippen LogP contribution in [0, 0.1) is 5.92 Å². The minimum absolute atomic E-state index is 0.0526. The van der Waals surface area contributed by atoms with E-state index in [1.54, 1.807) is 15.9 Å². The number of carbonyl (C=O) groups is 2. The number of rotatable bonds is 6. The lowest BCUT2D eigenvalue weighted by atomic mass is 10.1. The summed E-state index contributed by atoms with van der Waals surface area (Å²) < 4.78 is 1.76. The van der Waals surface area contributed by atoms with Gasteiger partial charge >= 0.3 is 0 Å². The summed E-state index contributed by atoms with van der Waals surface area (Å²) in [6, 6.07) is 8.16. The van der Waals surface area contributed by atoms with Gasteiger partial charge in [0.2, 0.25) is 11.8 Å². The topological polar surface area (TPSA) is 80.1 Å². The van der Waals surface area contributed by atoms with Crippen molar-refractivity contribution in [3.63, 3.8) is 0 Å². The minimum Gasteiger partial charge on any atom is -0.352 e. The molecule has 2 aromatic rings. The van der Waals surface area contributed by atoms with Crippen LogP contribution >= 0.6 is 0 Å². The number of nitrogens with one attached hydrogen (secondary N) is 1. The van der Waals surface area contributed by atoms with Crippen molar-refractivity contribution in [1.29, 1.82) is 0 Å². The average molecular weight is 341 g/mol. The van der Waals surface area contributed by atoms with Gasteiger partial charge < -0.3 is 10.2 Å². The van der Waals surface area contributed by atoms with E-state index in [0.717, 1.165) is 11.1 Å². The second-order valence-corrected chi connectivity index (χ2v) is 6.67. The van der Waals surface area contributed by atoms with E-state index in [1.807, 2.05) is 38.1 Å². The molecule has 3 rings (SSSR count). The molecule has 7 nitrogen and oxygen atoms in total. The van der Waals surface area contributed by atoms with Crippen LogP contribution in [0.5, 0.6) is 0 Å². The van der Waals surface area contributed by atoms with Gasteiger partial charge in [-0.25, -0.2) is 9.67 Å². The fourth-order valence-corrected chi connectivity index (χ4v) is 3.00. The number of amides is 2. The van der Waals surface area contributed by atoms with E-state index < -0.39 is 0 Å². The van der Waals surface area contributed by atoms with Gasteiger partial charge in [-0.15, -0.1) is 0 Å². The highest BCUT2D eigenvalue weighted by atomic mass is 16.2. The van der Waals surface area contributed by atoms with Crippen molar-refractivity contribution in [3.8, 4) is 0 Å². The lowest BCUT2D eigenvalue weighted by molar-refractivity contribution is -0.129. The zero-order valence-electron chi connectivity index (χ0n) is 14.6. The van der Waals surface area contributed by atoms with Gasteiger partial charge in [0.15, 0.2) is 0 Å². The van der Waals surface area contributed by atoms with Crippen LogP contribution in [0.15, 0.2) is 36.9 Å². The molecule has 1 aliphatic heterocycles. The molecule has 1 aliphatic rings. The SMILES string of the molecule is CC(C)N1C[C@H](C(=O)NCc2ccc(Cn3cncn3)cc2)CC1=O. The summed E-state index contributed by atoms with van der Waals surface area (Å²) in [5.41, 5.74) is 2.15. The summed E-state index contributed by atoms with van der Waals surface area (Å²) in [7, 11) is 0. The Kier molecular flexibility index (Phi) is 5.11. The highest BCUT2D eigenvalue weighted by molar-refractivity contribution is 5.89. The predicted molar refractivity (Wildman–Crippen MR) is 92.4 cm³/mol. The van der Waals surface area contributed by atoms with Crippen molar-refractivity contribution in [3.05, 3.63) is 48.0 Å². The summed E-state index contributed by atoms with van der Waals surface area (Å²) in [4.78, 5) is 29.9. The molecule has 7 heteroatoms. The Labute approximate surface area is 147 Å². The molecule has 132 valence electrons.